The van der Waals surface area contributed by atoms with E-state index in [1.54, 1.807) is 0 Å². The zero-order chi connectivity index (χ0) is 47.9. The van der Waals surface area contributed by atoms with Crippen molar-refractivity contribution < 1.29 is 89.7 Å². The molecule has 0 aromatic rings. The van der Waals surface area contributed by atoms with E-state index in [9.17, 15) is 61.3 Å². The van der Waals surface area contributed by atoms with Gasteiger partial charge in [-0.15, -0.1) is 0 Å². The lowest BCUT2D eigenvalue weighted by Crippen LogP contribution is -2.71. The smallest absolute Gasteiger partial charge is 0.187 e. The third-order valence-electron chi connectivity index (χ3n) is 18.3. The highest BCUT2D eigenvalue weighted by atomic mass is 16.8. The van der Waals surface area contributed by atoms with E-state index >= 15 is 0 Å². The van der Waals surface area contributed by atoms with E-state index < -0.39 is 145 Å². The third kappa shape index (κ3) is 8.72. The van der Waals surface area contributed by atoms with Gasteiger partial charge in [0.25, 0.3) is 0 Å². The molecular formula is C47H80O18. The Balaban J connectivity index is 1.27. The predicted octanol–water partition coefficient (Wildman–Crippen LogP) is -0.417. The highest BCUT2D eigenvalue weighted by Gasteiger charge is 2.74. The zero-order valence-electron chi connectivity index (χ0n) is 39.3. The Morgan fingerprint density at radius 2 is 1.31 bits per heavy atom. The lowest BCUT2D eigenvalue weighted by atomic mass is 9.34. The van der Waals surface area contributed by atoms with Crippen molar-refractivity contribution in [2.75, 3.05) is 19.8 Å². The molecule has 7 rings (SSSR count). The second-order valence-corrected chi connectivity index (χ2v) is 22.6. The fourth-order valence-electron chi connectivity index (χ4n) is 14.6. The third-order valence-corrected chi connectivity index (χ3v) is 18.3. The van der Waals surface area contributed by atoms with E-state index in [-0.39, 0.29) is 30.3 Å². The molecule has 3 heterocycles. The van der Waals surface area contributed by atoms with Crippen LogP contribution in [0.1, 0.15) is 107 Å². The largest absolute Gasteiger partial charge is 0.394 e. The molecule has 3 saturated heterocycles. The molecule has 0 spiro atoms. The Bertz CT molecular complexity index is 1660. The fourth-order valence-corrected chi connectivity index (χ4v) is 14.6. The second kappa shape index (κ2) is 19.0. The Kier molecular flexibility index (Phi) is 15.1. The number of hydrogen-bond acceptors (Lipinski definition) is 18. The lowest BCUT2D eigenvalue weighted by Gasteiger charge is -2.72. The van der Waals surface area contributed by atoms with Crippen molar-refractivity contribution in [3.63, 3.8) is 0 Å². The topological polar surface area (TPSA) is 298 Å². The molecule has 0 bridgehead atoms. The molecule has 25 atom stereocenters. The maximum Gasteiger partial charge on any atom is 0.187 e. The monoisotopic (exact) mass is 933 g/mol. The van der Waals surface area contributed by atoms with E-state index in [4.69, 9.17) is 28.4 Å². The SMILES string of the molecule is CC(C)=CCCC(C)(OC1OC(CO)C(O)C(O)C1O)C1CCC2(C)C1C(O)CC1C3(C)CCC(O)C(C)(C)C3C(OC3OC(CO)C(O)C(O)C3OC3OCC(O)C(O)C3O)CC12C. The van der Waals surface area contributed by atoms with Gasteiger partial charge in [-0.05, 0) is 117 Å². The van der Waals surface area contributed by atoms with Crippen molar-refractivity contribution in [1.82, 2.24) is 0 Å². The van der Waals surface area contributed by atoms with E-state index in [0.29, 0.717) is 51.4 Å². The summed E-state index contributed by atoms with van der Waals surface area (Å²) in [5.74, 6) is -1.11. The molecule has 376 valence electrons. The number of ether oxygens (including phenoxy) is 6. The van der Waals surface area contributed by atoms with Gasteiger partial charge < -0.3 is 89.7 Å². The molecule has 18 heteroatoms. The summed E-state index contributed by atoms with van der Waals surface area (Å²) in [7, 11) is 0. The number of aliphatic hydroxyl groups excluding tert-OH is 12. The summed E-state index contributed by atoms with van der Waals surface area (Å²) >= 11 is 0. The maximum atomic E-state index is 12.7. The van der Waals surface area contributed by atoms with Crippen LogP contribution < -0.4 is 0 Å². The molecule has 4 aliphatic carbocycles. The van der Waals surface area contributed by atoms with Crippen LogP contribution >= 0.6 is 0 Å². The van der Waals surface area contributed by atoms with Gasteiger partial charge in [0.05, 0.1) is 43.7 Å². The average molecular weight is 933 g/mol. The highest BCUT2D eigenvalue weighted by Crippen LogP contribution is 2.76. The molecule has 0 amide bonds. The summed E-state index contributed by atoms with van der Waals surface area (Å²) in [4.78, 5) is 0. The molecule has 7 fully saturated rings. The molecule has 3 aliphatic heterocycles. The standard InChI is InChI=1S/C47H80O18/c1-21(2)10-9-13-47(8,65-41-37(59)34(56)32(54)26(18-48)62-41)22-11-15-45(6)30(22)23(50)16-28-44(5)14-12-29(52)43(3,4)39(44)25(17-46(28,45)7)61-42-38(35(57)33(55)27(19-49)63-42)64-40-36(58)31(53)24(51)20-60-40/h10,22-42,48-59H,9,11-20H2,1-8H3. The number of aliphatic hydroxyl groups is 12. The van der Waals surface area contributed by atoms with Crippen LogP contribution in [0.25, 0.3) is 0 Å². The van der Waals surface area contributed by atoms with E-state index in [2.05, 4.69) is 26.8 Å². The van der Waals surface area contributed by atoms with Gasteiger partial charge in [0, 0.05) is 0 Å². The number of allylic oxidation sites excluding steroid dienone is 2. The highest BCUT2D eigenvalue weighted by molar-refractivity contribution is 5.22. The van der Waals surface area contributed by atoms with Gasteiger partial charge in [0.2, 0.25) is 0 Å². The number of rotatable bonds is 12. The first kappa shape index (κ1) is 51.9. The predicted molar refractivity (Wildman–Crippen MR) is 229 cm³/mol. The Morgan fingerprint density at radius 3 is 1.94 bits per heavy atom. The molecule has 7 aliphatic rings. The summed E-state index contributed by atoms with van der Waals surface area (Å²) in [5.41, 5.74) is -2.41. The van der Waals surface area contributed by atoms with Gasteiger partial charge in [0.1, 0.15) is 67.1 Å². The molecule has 4 saturated carbocycles. The Labute approximate surface area is 382 Å². The van der Waals surface area contributed by atoms with Gasteiger partial charge in [-0.2, -0.15) is 0 Å². The van der Waals surface area contributed by atoms with Crippen LogP contribution in [0.5, 0.6) is 0 Å². The van der Waals surface area contributed by atoms with Gasteiger partial charge in [-0.1, -0.05) is 46.3 Å². The molecular weight excluding hydrogens is 852 g/mol. The number of fused-ring (bicyclic) bond motifs is 5. The van der Waals surface area contributed by atoms with E-state index in [0.717, 1.165) is 5.57 Å². The van der Waals surface area contributed by atoms with Gasteiger partial charge in [-0.3, -0.25) is 0 Å². The van der Waals surface area contributed by atoms with Gasteiger partial charge in [0.15, 0.2) is 18.9 Å². The molecule has 0 radical (unpaired) electrons. The second-order valence-electron chi connectivity index (χ2n) is 22.6. The minimum atomic E-state index is -1.73. The van der Waals surface area contributed by atoms with Crippen LogP contribution in [0.4, 0.5) is 0 Å². The lowest BCUT2D eigenvalue weighted by molar-refractivity contribution is -0.377. The van der Waals surface area contributed by atoms with Crippen molar-refractivity contribution in [1.29, 1.82) is 0 Å². The van der Waals surface area contributed by atoms with Crippen molar-refractivity contribution in [2.45, 2.75) is 217 Å². The van der Waals surface area contributed by atoms with Crippen LogP contribution in [0, 0.1) is 45.3 Å². The summed E-state index contributed by atoms with van der Waals surface area (Å²) in [6.07, 6.45) is -17.2. The summed E-state index contributed by atoms with van der Waals surface area (Å²) in [6, 6.07) is 0. The van der Waals surface area contributed by atoms with Gasteiger partial charge in [-0.25, -0.2) is 0 Å². The molecule has 0 aromatic carbocycles. The summed E-state index contributed by atoms with van der Waals surface area (Å²) < 4.78 is 37.7. The quantitative estimate of drug-likeness (QED) is 0.0874. The molecule has 65 heavy (non-hydrogen) atoms. The van der Waals surface area contributed by atoms with Crippen LogP contribution in [0.2, 0.25) is 0 Å². The fraction of sp³-hybridized carbons (Fsp3) is 0.957. The summed E-state index contributed by atoms with van der Waals surface area (Å²) in [6.45, 7) is 15.0. The van der Waals surface area contributed by atoms with Gasteiger partial charge >= 0.3 is 0 Å². The van der Waals surface area contributed by atoms with Crippen molar-refractivity contribution in [3.8, 4) is 0 Å². The first-order chi connectivity index (χ1) is 30.3. The molecule has 0 aromatic heterocycles. The zero-order valence-corrected chi connectivity index (χ0v) is 39.3. The Morgan fingerprint density at radius 1 is 0.692 bits per heavy atom. The van der Waals surface area contributed by atoms with Crippen molar-refractivity contribution in [2.24, 2.45) is 45.3 Å². The van der Waals surface area contributed by atoms with Crippen LogP contribution in [-0.4, -0.2) is 191 Å². The van der Waals surface area contributed by atoms with Crippen molar-refractivity contribution in [3.05, 3.63) is 11.6 Å². The van der Waals surface area contributed by atoms with Crippen LogP contribution in [0.3, 0.4) is 0 Å². The Hall–Kier alpha value is -0.980. The molecule has 25 unspecified atom stereocenters. The average Bonchev–Trinajstić information content (AvgIpc) is 3.63. The van der Waals surface area contributed by atoms with Crippen LogP contribution in [-0.2, 0) is 28.4 Å². The first-order valence-corrected chi connectivity index (χ1v) is 23.9. The minimum absolute atomic E-state index is 0.0828. The first-order valence-electron chi connectivity index (χ1n) is 23.9. The summed E-state index contributed by atoms with van der Waals surface area (Å²) in [5, 5.41) is 131. The molecule has 12 N–H and O–H groups in total. The normalized spacial score (nSPS) is 53.0. The van der Waals surface area contributed by atoms with Crippen molar-refractivity contribution >= 4 is 0 Å². The number of hydrogen-bond donors (Lipinski definition) is 12. The molecule has 18 nitrogen and oxygen atoms in total. The van der Waals surface area contributed by atoms with E-state index in [1.165, 1.54) is 0 Å². The minimum Gasteiger partial charge on any atom is -0.394 e. The van der Waals surface area contributed by atoms with Crippen LogP contribution in [0.15, 0.2) is 11.6 Å². The maximum absolute atomic E-state index is 12.7. The van der Waals surface area contributed by atoms with E-state index in [1.807, 2.05) is 34.6 Å².